The first-order valence-corrected chi connectivity index (χ1v) is 5.46. The Morgan fingerprint density at radius 3 is 2.67 bits per heavy atom. The van der Waals surface area contributed by atoms with E-state index in [1.54, 1.807) is 7.05 Å². The number of hydrogen-bond donors (Lipinski definition) is 1. The molecule has 1 unspecified atom stereocenters. The zero-order valence-corrected chi connectivity index (χ0v) is 10.1. The van der Waals surface area contributed by atoms with E-state index in [1.807, 2.05) is 20.8 Å². The Morgan fingerprint density at radius 1 is 1.53 bits per heavy atom. The summed E-state index contributed by atoms with van der Waals surface area (Å²) in [6.07, 6.45) is 1.32. The Bertz CT molecular complexity index is 240. The van der Waals surface area contributed by atoms with E-state index in [0.29, 0.717) is 26.1 Å². The first kappa shape index (κ1) is 12.5. The number of carbonyl (C=O) groups excluding carboxylic acids is 1. The van der Waals surface area contributed by atoms with Gasteiger partial charge in [0.15, 0.2) is 0 Å². The van der Waals surface area contributed by atoms with Gasteiger partial charge in [0.1, 0.15) is 5.54 Å². The van der Waals surface area contributed by atoms with Crippen LogP contribution in [0.15, 0.2) is 0 Å². The maximum atomic E-state index is 11.9. The van der Waals surface area contributed by atoms with Gasteiger partial charge in [-0.1, -0.05) is 0 Å². The third-order valence-corrected chi connectivity index (χ3v) is 2.89. The molecule has 4 nitrogen and oxygen atoms in total. The highest BCUT2D eigenvalue weighted by Crippen LogP contribution is 2.32. The molecule has 0 radical (unpaired) electrons. The van der Waals surface area contributed by atoms with Crippen LogP contribution in [0.1, 0.15) is 33.6 Å². The van der Waals surface area contributed by atoms with Gasteiger partial charge >= 0.3 is 5.97 Å². The lowest BCUT2D eigenvalue weighted by Gasteiger charge is -2.42. The topological polar surface area (TPSA) is 47.6 Å². The van der Waals surface area contributed by atoms with E-state index >= 15 is 0 Å². The molecule has 0 saturated carbocycles. The smallest absolute Gasteiger partial charge is 0.326 e. The van der Waals surface area contributed by atoms with Crippen molar-refractivity contribution in [1.82, 2.24) is 5.32 Å². The average molecular weight is 215 g/mol. The molecular formula is C11H21NO3. The van der Waals surface area contributed by atoms with Crippen LogP contribution in [-0.2, 0) is 14.3 Å². The second-order valence-electron chi connectivity index (χ2n) is 4.59. The monoisotopic (exact) mass is 215 g/mol. The molecule has 0 aromatic carbocycles. The molecule has 0 spiro atoms. The minimum atomic E-state index is -0.572. The first-order chi connectivity index (χ1) is 6.96. The van der Waals surface area contributed by atoms with E-state index in [0.717, 1.165) is 0 Å². The molecule has 1 rings (SSSR count). The van der Waals surface area contributed by atoms with Gasteiger partial charge in [0.25, 0.3) is 0 Å². The molecule has 15 heavy (non-hydrogen) atoms. The SMILES string of the molecule is CCOC(=O)C1(NC)CCOC(C)(C)C1. The molecule has 88 valence electrons. The molecule has 1 fully saturated rings. The molecule has 1 aliphatic heterocycles. The fourth-order valence-electron chi connectivity index (χ4n) is 2.13. The third kappa shape index (κ3) is 2.69. The van der Waals surface area contributed by atoms with Crippen LogP contribution in [0.4, 0.5) is 0 Å². The first-order valence-electron chi connectivity index (χ1n) is 5.46. The molecule has 0 aliphatic carbocycles. The quantitative estimate of drug-likeness (QED) is 0.716. The van der Waals surface area contributed by atoms with Crippen LogP contribution < -0.4 is 5.32 Å². The number of hydrogen-bond acceptors (Lipinski definition) is 4. The van der Waals surface area contributed by atoms with Gasteiger partial charge < -0.3 is 14.8 Å². The van der Waals surface area contributed by atoms with Gasteiger partial charge in [-0.15, -0.1) is 0 Å². The van der Waals surface area contributed by atoms with Crippen molar-refractivity contribution in [2.24, 2.45) is 0 Å². The van der Waals surface area contributed by atoms with E-state index in [2.05, 4.69) is 5.32 Å². The molecule has 1 saturated heterocycles. The summed E-state index contributed by atoms with van der Waals surface area (Å²) in [7, 11) is 1.80. The highest BCUT2D eigenvalue weighted by atomic mass is 16.5. The molecule has 4 heteroatoms. The summed E-state index contributed by atoms with van der Waals surface area (Å²) >= 11 is 0. The number of rotatable bonds is 3. The lowest BCUT2D eigenvalue weighted by atomic mass is 9.81. The number of ether oxygens (including phenoxy) is 2. The summed E-state index contributed by atoms with van der Waals surface area (Å²) in [5.74, 6) is -0.163. The number of nitrogens with one attached hydrogen (secondary N) is 1. The summed E-state index contributed by atoms with van der Waals surface area (Å²) in [5, 5.41) is 3.10. The second-order valence-corrected chi connectivity index (χ2v) is 4.59. The van der Waals surface area contributed by atoms with Gasteiger partial charge in [-0.05, 0) is 34.2 Å². The Labute approximate surface area is 91.3 Å². The minimum absolute atomic E-state index is 0.163. The van der Waals surface area contributed by atoms with Gasteiger partial charge in [-0.2, -0.15) is 0 Å². The van der Waals surface area contributed by atoms with Gasteiger partial charge in [-0.3, -0.25) is 4.79 Å². The largest absolute Gasteiger partial charge is 0.465 e. The van der Waals surface area contributed by atoms with E-state index in [1.165, 1.54) is 0 Å². The normalized spacial score (nSPS) is 29.9. The average Bonchev–Trinajstić information content (AvgIpc) is 2.16. The second kappa shape index (κ2) is 4.49. The van der Waals surface area contributed by atoms with Gasteiger partial charge in [0.2, 0.25) is 0 Å². The van der Waals surface area contributed by atoms with Crippen molar-refractivity contribution in [1.29, 1.82) is 0 Å². The van der Waals surface area contributed by atoms with E-state index in [-0.39, 0.29) is 11.6 Å². The van der Waals surface area contributed by atoms with Crippen molar-refractivity contribution in [2.45, 2.75) is 44.8 Å². The standard InChI is InChI=1S/C11H21NO3/c1-5-14-9(13)11(12-4)6-7-15-10(2,3)8-11/h12H,5-8H2,1-4H3. The van der Waals surface area contributed by atoms with Crippen LogP contribution in [0.5, 0.6) is 0 Å². The maximum absolute atomic E-state index is 11.9. The van der Waals surface area contributed by atoms with Crippen LogP contribution in [0.25, 0.3) is 0 Å². The molecule has 1 N–H and O–H groups in total. The highest BCUT2D eigenvalue weighted by Gasteiger charge is 2.46. The van der Waals surface area contributed by atoms with Crippen molar-refractivity contribution >= 4 is 5.97 Å². The summed E-state index contributed by atoms with van der Waals surface area (Å²) in [6.45, 7) is 6.83. The maximum Gasteiger partial charge on any atom is 0.326 e. The van der Waals surface area contributed by atoms with Crippen LogP contribution in [0, 0.1) is 0 Å². The summed E-state index contributed by atoms with van der Waals surface area (Å²) in [6, 6.07) is 0. The third-order valence-electron chi connectivity index (χ3n) is 2.89. The predicted molar refractivity (Wildman–Crippen MR) is 57.7 cm³/mol. The van der Waals surface area contributed by atoms with E-state index in [9.17, 15) is 4.79 Å². The van der Waals surface area contributed by atoms with Crippen LogP contribution in [0.3, 0.4) is 0 Å². The zero-order valence-electron chi connectivity index (χ0n) is 10.1. The van der Waals surface area contributed by atoms with Crippen molar-refractivity contribution in [2.75, 3.05) is 20.3 Å². The Hall–Kier alpha value is -0.610. The number of esters is 1. The Morgan fingerprint density at radius 2 is 2.20 bits per heavy atom. The zero-order chi connectivity index (χ0) is 11.5. The van der Waals surface area contributed by atoms with Crippen LogP contribution in [-0.4, -0.2) is 37.4 Å². The van der Waals surface area contributed by atoms with Gasteiger partial charge in [0, 0.05) is 13.0 Å². The summed E-state index contributed by atoms with van der Waals surface area (Å²) < 4.78 is 10.7. The van der Waals surface area contributed by atoms with Crippen molar-refractivity contribution in [3.63, 3.8) is 0 Å². The van der Waals surface area contributed by atoms with E-state index < -0.39 is 5.54 Å². The molecule has 1 heterocycles. The predicted octanol–water partition coefficient (Wildman–Crippen LogP) is 1.10. The molecule has 1 aliphatic rings. The molecule has 0 bridgehead atoms. The molecule has 0 aromatic rings. The lowest BCUT2D eigenvalue weighted by molar-refractivity contribution is -0.163. The molecular weight excluding hydrogens is 194 g/mol. The van der Waals surface area contributed by atoms with Crippen molar-refractivity contribution in [3.05, 3.63) is 0 Å². The van der Waals surface area contributed by atoms with Crippen molar-refractivity contribution < 1.29 is 14.3 Å². The van der Waals surface area contributed by atoms with Gasteiger partial charge in [-0.25, -0.2) is 0 Å². The minimum Gasteiger partial charge on any atom is -0.465 e. The molecule has 0 aromatic heterocycles. The number of likely N-dealkylation sites (N-methyl/N-ethyl adjacent to an activating group) is 1. The summed E-state index contributed by atoms with van der Waals surface area (Å²) in [4.78, 5) is 11.9. The van der Waals surface area contributed by atoms with Crippen LogP contribution >= 0.6 is 0 Å². The van der Waals surface area contributed by atoms with Crippen molar-refractivity contribution in [3.8, 4) is 0 Å². The summed E-state index contributed by atoms with van der Waals surface area (Å²) in [5.41, 5.74) is -0.841. The van der Waals surface area contributed by atoms with E-state index in [4.69, 9.17) is 9.47 Å². The fraction of sp³-hybridized carbons (Fsp3) is 0.909. The Balaban J connectivity index is 2.79. The van der Waals surface area contributed by atoms with Gasteiger partial charge in [0.05, 0.1) is 12.2 Å². The molecule has 0 amide bonds. The Kier molecular flexibility index (Phi) is 3.73. The fourth-order valence-corrected chi connectivity index (χ4v) is 2.13. The number of carbonyl (C=O) groups is 1. The van der Waals surface area contributed by atoms with Crippen LogP contribution in [0.2, 0.25) is 0 Å². The molecule has 1 atom stereocenters. The highest BCUT2D eigenvalue weighted by molar-refractivity contribution is 5.81. The lowest BCUT2D eigenvalue weighted by Crippen LogP contribution is -2.59.